The Morgan fingerprint density at radius 2 is 0.765 bits per heavy atom. The van der Waals surface area contributed by atoms with Gasteiger partial charge >= 0.3 is 23.7 Å². The summed E-state index contributed by atoms with van der Waals surface area (Å²) < 4.78 is 8.25. The van der Waals surface area contributed by atoms with Gasteiger partial charge in [0.2, 0.25) is 0 Å². The molecule has 208 valence electrons. The fourth-order valence-corrected chi connectivity index (χ4v) is 2.67. The standard InChI is InChI=1S/C8H19NO.2C8H18N.C3H8O.O.Ti/c9-7-5-3-1-2-4-6-8-10;2*1-2-3-4-5-6-7-8-9;1-3(2)4;;/h10H,1-9H2;2*1-9H2;3-4H,1-2H3;;/q;2*-1;;;+2. The molecule has 7 heteroatoms. The zero-order valence-electron chi connectivity index (χ0n) is 23.1. The molecule has 0 fully saturated rings. The van der Waals surface area contributed by atoms with Crippen molar-refractivity contribution in [1.29, 1.82) is 0 Å². The van der Waals surface area contributed by atoms with Crippen LogP contribution in [-0.4, -0.2) is 42.6 Å². The van der Waals surface area contributed by atoms with Gasteiger partial charge in [0.1, 0.15) is 0 Å². The molecule has 0 aliphatic rings. The minimum absolute atomic E-state index is 0.167. The minimum atomic E-state index is -0.167. The van der Waals surface area contributed by atoms with E-state index < -0.39 is 0 Å². The van der Waals surface area contributed by atoms with E-state index in [1.54, 1.807) is 13.8 Å². The molecule has 0 rings (SSSR count). The quantitative estimate of drug-likeness (QED) is 0.0823. The predicted molar refractivity (Wildman–Crippen MR) is 146 cm³/mol. The van der Waals surface area contributed by atoms with Crippen LogP contribution < -0.4 is 17.2 Å². The molecular formula is C27H63N3O3Ti. The summed E-state index contributed by atoms with van der Waals surface area (Å²) in [6.45, 7) is 13.9. The number of unbranched alkanes of at least 4 members (excludes halogenated alkanes) is 15. The van der Waals surface area contributed by atoms with E-state index >= 15 is 0 Å². The van der Waals surface area contributed by atoms with Gasteiger partial charge in [-0.05, 0) is 59.2 Å². The third kappa shape index (κ3) is 84.9. The number of aliphatic hydroxyl groups excluding tert-OH is 2. The van der Waals surface area contributed by atoms with E-state index in [0.717, 1.165) is 65.7 Å². The van der Waals surface area contributed by atoms with Crippen LogP contribution in [0.2, 0.25) is 0 Å². The van der Waals surface area contributed by atoms with Gasteiger partial charge in [-0.3, -0.25) is 0 Å². The second-order valence-corrected chi connectivity index (χ2v) is 8.55. The van der Waals surface area contributed by atoms with Crippen LogP contribution in [0.25, 0.3) is 0 Å². The molecular weight excluding hydrogens is 462 g/mol. The zero-order valence-corrected chi connectivity index (χ0v) is 24.6. The maximum atomic E-state index is 8.45. The van der Waals surface area contributed by atoms with E-state index in [9.17, 15) is 0 Å². The molecule has 0 aromatic heterocycles. The fraction of sp³-hybridized carbons (Fsp3) is 0.926. The number of hydrogen-bond donors (Lipinski definition) is 5. The summed E-state index contributed by atoms with van der Waals surface area (Å²) in [5.74, 6) is 0. The Kier molecular flexibility index (Phi) is 70.8. The van der Waals surface area contributed by atoms with Crippen molar-refractivity contribution in [2.24, 2.45) is 17.2 Å². The van der Waals surface area contributed by atoms with Crippen molar-refractivity contribution in [3.63, 3.8) is 0 Å². The van der Waals surface area contributed by atoms with Crippen LogP contribution in [-0.2, 0) is 23.7 Å². The van der Waals surface area contributed by atoms with E-state index in [1.807, 2.05) is 0 Å². The first kappa shape index (κ1) is 44.3. The Balaban J connectivity index is -0.000000111. The first-order valence-electron chi connectivity index (χ1n) is 13.7. The van der Waals surface area contributed by atoms with E-state index in [-0.39, 0.29) is 6.10 Å². The second-order valence-electron chi connectivity index (χ2n) is 8.55. The van der Waals surface area contributed by atoms with Gasteiger partial charge in [-0.1, -0.05) is 77.0 Å². The Bertz CT molecular complexity index is 241. The van der Waals surface area contributed by atoms with Crippen molar-refractivity contribution < 1.29 is 33.9 Å². The molecule has 0 aromatic rings. The van der Waals surface area contributed by atoms with Crippen LogP contribution in [0.15, 0.2) is 0 Å². The zero-order chi connectivity index (χ0) is 27.1. The molecule has 0 radical (unpaired) electrons. The SMILES string of the molecule is CC(C)O.NCCCCCCCCO.[CH2-]CCCCCCCN.[CH2-]CCCCCCCN.[O]=[Ti+2]. The van der Waals surface area contributed by atoms with E-state index in [2.05, 4.69) is 13.8 Å². The molecule has 0 bridgehead atoms. The molecule has 0 aromatic carbocycles. The number of aliphatic hydroxyl groups is 2. The number of rotatable bonds is 19. The first-order chi connectivity index (χ1) is 16.5. The number of nitrogens with two attached hydrogens (primary N) is 3. The molecule has 0 heterocycles. The van der Waals surface area contributed by atoms with E-state index in [4.69, 9.17) is 30.7 Å². The molecule has 0 saturated carbocycles. The van der Waals surface area contributed by atoms with Crippen molar-refractivity contribution in [3.05, 3.63) is 13.8 Å². The normalized spacial score (nSPS) is 9.53. The molecule has 0 aliphatic carbocycles. The van der Waals surface area contributed by atoms with Gasteiger partial charge in [-0.25, -0.2) is 0 Å². The van der Waals surface area contributed by atoms with Gasteiger partial charge in [0.05, 0.1) is 0 Å². The van der Waals surface area contributed by atoms with Crippen LogP contribution in [0.5, 0.6) is 0 Å². The van der Waals surface area contributed by atoms with Gasteiger partial charge in [-0.2, -0.15) is 12.8 Å². The number of hydrogen-bond acceptors (Lipinski definition) is 6. The molecule has 0 amide bonds. The van der Waals surface area contributed by atoms with Crippen molar-refractivity contribution >= 4 is 0 Å². The second kappa shape index (κ2) is 54.3. The van der Waals surface area contributed by atoms with Crippen LogP contribution >= 0.6 is 0 Å². The molecule has 34 heavy (non-hydrogen) atoms. The molecule has 0 spiro atoms. The topological polar surface area (TPSA) is 136 Å². The van der Waals surface area contributed by atoms with Crippen molar-refractivity contribution in [2.45, 2.75) is 136 Å². The van der Waals surface area contributed by atoms with Crippen molar-refractivity contribution in [1.82, 2.24) is 0 Å². The Morgan fingerprint density at radius 3 is 0.971 bits per heavy atom. The average molecular weight is 526 g/mol. The summed E-state index contributed by atoms with van der Waals surface area (Å²) in [5.41, 5.74) is 16.0. The summed E-state index contributed by atoms with van der Waals surface area (Å²) in [7, 11) is 0. The molecule has 0 unspecified atom stereocenters. The van der Waals surface area contributed by atoms with Gasteiger partial charge in [0.15, 0.2) is 0 Å². The van der Waals surface area contributed by atoms with Crippen LogP contribution in [0.1, 0.15) is 129 Å². The van der Waals surface area contributed by atoms with Gasteiger partial charge in [-0.15, -0.1) is 0 Å². The Labute approximate surface area is 226 Å². The third-order valence-corrected chi connectivity index (χ3v) is 4.52. The van der Waals surface area contributed by atoms with Gasteiger partial charge in [0.25, 0.3) is 0 Å². The third-order valence-electron chi connectivity index (χ3n) is 4.52. The van der Waals surface area contributed by atoms with Crippen molar-refractivity contribution in [2.75, 3.05) is 26.2 Å². The summed E-state index contributed by atoms with van der Waals surface area (Å²) in [5, 5.41) is 16.5. The monoisotopic (exact) mass is 525 g/mol. The Morgan fingerprint density at radius 1 is 0.559 bits per heavy atom. The van der Waals surface area contributed by atoms with Gasteiger partial charge in [0, 0.05) is 12.7 Å². The fourth-order valence-electron chi connectivity index (χ4n) is 2.67. The van der Waals surface area contributed by atoms with Crippen molar-refractivity contribution in [3.8, 4) is 0 Å². The average Bonchev–Trinajstić information content (AvgIpc) is 2.83. The first-order valence-corrected chi connectivity index (χ1v) is 14.3. The van der Waals surface area contributed by atoms with E-state index in [0.29, 0.717) is 6.61 Å². The van der Waals surface area contributed by atoms with E-state index in [1.165, 1.54) is 89.9 Å². The molecule has 0 atom stereocenters. The summed E-state index contributed by atoms with van der Waals surface area (Å²) in [4.78, 5) is 0. The predicted octanol–water partition coefficient (Wildman–Crippen LogP) is 5.78. The van der Waals surface area contributed by atoms with Crippen LogP contribution in [0.4, 0.5) is 0 Å². The summed E-state index contributed by atoms with van der Waals surface area (Å²) >= 11 is 0.750. The maximum absolute atomic E-state index is 8.45. The van der Waals surface area contributed by atoms with Gasteiger partial charge < -0.3 is 41.3 Å². The molecule has 0 saturated heterocycles. The van der Waals surface area contributed by atoms with Crippen LogP contribution in [0, 0.1) is 13.8 Å². The Hall–Kier alpha value is 0.314. The summed E-state index contributed by atoms with van der Waals surface area (Å²) in [6, 6.07) is 0. The molecule has 6 nitrogen and oxygen atoms in total. The van der Waals surface area contributed by atoms with Crippen LogP contribution in [0.3, 0.4) is 0 Å². The molecule has 0 aliphatic heterocycles. The molecule has 8 N–H and O–H groups in total. The summed E-state index contributed by atoms with van der Waals surface area (Å²) in [6.07, 6.45) is 22.0.